The van der Waals surface area contributed by atoms with Gasteiger partial charge < -0.3 is 30.7 Å². The molecule has 2 aromatic carbocycles. The van der Waals surface area contributed by atoms with Gasteiger partial charge >= 0.3 is 0 Å². The lowest BCUT2D eigenvalue weighted by molar-refractivity contribution is -0.136. The summed E-state index contributed by atoms with van der Waals surface area (Å²) >= 11 is 6.00. The van der Waals surface area contributed by atoms with Crippen molar-refractivity contribution in [2.45, 2.75) is 72.9 Å². The molecule has 400 valence electrons. The summed E-state index contributed by atoms with van der Waals surface area (Å²) in [5.41, 5.74) is 13.9. The van der Waals surface area contributed by atoms with Crippen molar-refractivity contribution in [3.05, 3.63) is 139 Å². The number of aliphatic imine (C=N–C) groups is 2. The van der Waals surface area contributed by atoms with Gasteiger partial charge in [0.05, 0.1) is 39.6 Å². The van der Waals surface area contributed by atoms with Crippen LogP contribution < -0.4 is 11.5 Å². The Morgan fingerprint density at radius 2 is 1.19 bits per heavy atom. The molecule has 6 aliphatic rings. The third kappa shape index (κ3) is 12.3. The number of carbonyl (C=O) groups excluding carboxylic acids is 2. The molecule has 0 radical (unpaired) electrons. The lowest BCUT2D eigenvalue weighted by Gasteiger charge is -2.35. The summed E-state index contributed by atoms with van der Waals surface area (Å²) < 4.78 is 69.9. The van der Waals surface area contributed by atoms with Crippen LogP contribution >= 0.6 is 39.5 Å². The molecule has 0 spiro atoms. The number of nitrogens with zero attached hydrogens (tertiary/aromatic N) is 8. The number of aryl methyl sites for hydroxylation is 2. The molecule has 2 aromatic heterocycles. The zero-order valence-corrected chi connectivity index (χ0v) is 45.6. The van der Waals surface area contributed by atoms with E-state index in [4.69, 9.17) is 40.5 Å². The van der Waals surface area contributed by atoms with E-state index < -0.39 is 45.6 Å². The number of hydrogen-bond acceptors (Lipinski definition) is 12. The highest BCUT2D eigenvalue weighted by molar-refractivity contribution is 9.10. The lowest BCUT2D eigenvalue weighted by atomic mass is 9.83. The maximum absolute atomic E-state index is 15.3. The van der Waals surface area contributed by atoms with Gasteiger partial charge in [-0.3, -0.25) is 19.6 Å². The van der Waals surface area contributed by atoms with E-state index in [1.54, 1.807) is 34.2 Å². The van der Waals surface area contributed by atoms with Gasteiger partial charge in [0.25, 0.3) is 0 Å². The first-order valence-corrected chi connectivity index (χ1v) is 27.2. The minimum absolute atomic E-state index is 0.0395. The number of pyridine rings is 2. The minimum Gasteiger partial charge on any atom is -0.378 e. The first kappa shape index (κ1) is 56.7. The Kier molecular flexibility index (Phi) is 17.7. The second-order valence-electron chi connectivity index (χ2n) is 19.5. The van der Waals surface area contributed by atoms with Gasteiger partial charge in [-0.15, -0.1) is 6.42 Å². The lowest BCUT2D eigenvalue weighted by Crippen LogP contribution is -2.42. The van der Waals surface area contributed by atoms with Crippen LogP contribution in [0, 0.1) is 74.6 Å². The van der Waals surface area contributed by atoms with Gasteiger partial charge in [-0.25, -0.2) is 37.2 Å². The van der Waals surface area contributed by atoms with Crippen molar-refractivity contribution in [3.63, 3.8) is 0 Å². The molecular formula is C56H55BrF4N10O4S2. The SMILES string of the molecule is C#Cc1ccc(F)c([C@@]2(CF)N=C(N)S[C@@]3(CCC(=O)N4CCOCC4)C[C@H]32)c1.[C-]#[N+]c1cnc(Br)c(C)c1.[C-]#[N+]c1cnc(C#Cc2ccc(F)c([C@@]3(CF)N=C(N)S[C@@]4(CCC(=O)N5CCOCC5)C[C@H]43)c2)c(C)c1. The number of carbonyl (C=O) groups is 2. The molecule has 4 N–H and O–H groups in total. The predicted molar refractivity (Wildman–Crippen MR) is 294 cm³/mol. The number of morpholine rings is 2. The molecule has 2 aliphatic carbocycles. The van der Waals surface area contributed by atoms with Crippen molar-refractivity contribution in [1.82, 2.24) is 19.8 Å². The number of terminal acetylenes is 1. The molecule has 0 unspecified atom stereocenters. The van der Waals surface area contributed by atoms with Crippen LogP contribution in [0.5, 0.6) is 0 Å². The summed E-state index contributed by atoms with van der Waals surface area (Å²) in [7, 11) is 0. The summed E-state index contributed by atoms with van der Waals surface area (Å²) in [6.07, 6.45) is 11.4. The number of aromatic nitrogens is 2. The Balaban J connectivity index is 0.000000177. The van der Waals surface area contributed by atoms with E-state index in [2.05, 4.69) is 63.3 Å². The number of amides is 2. The van der Waals surface area contributed by atoms with Crippen LogP contribution in [-0.4, -0.2) is 117 Å². The molecule has 6 heterocycles. The first-order chi connectivity index (χ1) is 37.0. The van der Waals surface area contributed by atoms with Crippen LogP contribution in [0.1, 0.15) is 77.6 Å². The number of fused-ring (bicyclic) bond motifs is 2. The fourth-order valence-electron chi connectivity index (χ4n) is 10.5. The maximum atomic E-state index is 15.3. The van der Waals surface area contributed by atoms with Gasteiger partial charge in [0.15, 0.2) is 10.3 Å². The number of alkyl halides is 2. The number of benzene rings is 2. The molecule has 21 heteroatoms. The second-order valence-corrected chi connectivity index (χ2v) is 23.1. The molecule has 6 atom stereocenters. The van der Waals surface area contributed by atoms with Crippen molar-refractivity contribution in [2.24, 2.45) is 33.3 Å². The summed E-state index contributed by atoms with van der Waals surface area (Å²) in [5, 5.41) is 0.423. The zero-order valence-electron chi connectivity index (χ0n) is 42.4. The molecule has 4 fully saturated rings. The highest BCUT2D eigenvalue weighted by atomic mass is 79.9. The van der Waals surface area contributed by atoms with E-state index in [1.165, 1.54) is 60.1 Å². The number of hydrogen-bond donors (Lipinski definition) is 2. The zero-order chi connectivity index (χ0) is 55.1. The maximum Gasteiger partial charge on any atom is 0.222 e. The highest BCUT2D eigenvalue weighted by Crippen LogP contribution is 2.69. The van der Waals surface area contributed by atoms with Crippen LogP contribution in [-0.2, 0) is 30.1 Å². The number of thioether (sulfide) groups is 2. The second kappa shape index (κ2) is 24.1. The van der Waals surface area contributed by atoms with Gasteiger partial charge in [-0.2, -0.15) is 0 Å². The largest absolute Gasteiger partial charge is 0.378 e. The Hall–Kier alpha value is -6.46. The van der Waals surface area contributed by atoms with Crippen LogP contribution in [0.15, 0.2) is 75.5 Å². The number of ether oxygens (including phenoxy) is 2. The van der Waals surface area contributed by atoms with E-state index >= 15 is 4.39 Å². The molecule has 4 aromatic rings. The topological polar surface area (TPSA) is 170 Å². The highest BCUT2D eigenvalue weighted by Gasteiger charge is 2.69. The number of amidine groups is 2. The minimum atomic E-state index is -1.47. The molecular weight excluding hydrogens is 1100 g/mol. The average Bonchev–Trinajstić information content (AvgIpc) is 4.50. The van der Waals surface area contributed by atoms with Gasteiger partial charge in [-0.05, 0) is 121 Å². The Morgan fingerprint density at radius 1 is 0.740 bits per heavy atom. The number of nitrogens with two attached hydrogens (primary N) is 2. The summed E-state index contributed by atoms with van der Waals surface area (Å²) in [6.45, 7) is 20.2. The summed E-state index contributed by atoms with van der Waals surface area (Å²) in [4.78, 5) is 52.6. The average molecular weight is 1150 g/mol. The molecule has 2 amide bonds. The van der Waals surface area contributed by atoms with Crippen molar-refractivity contribution in [2.75, 3.05) is 66.0 Å². The Labute approximate surface area is 462 Å². The van der Waals surface area contributed by atoms with E-state index in [-0.39, 0.29) is 45.1 Å². The quantitative estimate of drug-likeness (QED) is 0.0676. The van der Waals surface area contributed by atoms with E-state index in [0.717, 1.165) is 15.7 Å². The molecule has 77 heavy (non-hydrogen) atoms. The van der Waals surface area contributed by atoms with Crippen molar-refractivity contribution >= 4 is 73.0 Å². The van der Waals surface area contributed by atoms with Crippen LogP contribution in [0.2, 0.25) is 0 Å². The normalized spacial score (nSPS) is 25.6. The van der Waals surface area contributed by atoms with Gasteiger partial charge in [0.2, 0.25) is 23.2 Å². The van der Waals surface area contributed by atoms with Crippen LogP contribution in [0.4, 0.5) is 28.9 Å². The van der Waals surface area contributed by atoms with E-state index in [9.17, 15) is 22.8 Å². The smallest absolute Gasteiger partial charge is 0.222 e. The third-order valence-electron chi connectivity index (χ3n) is 14.8. The molecule has 4 aliphatic heterocycles. The van der Waals surface area contributed by atoms with Gasteiger partial charge in [-0.1, -0.05) is 35.4 Å². The van der Waals surface area contributed by atoms with Crippen molar-refractivity contribution in [1.29, 1.82) is 0 Å². The monoisotopic (exact) mass is 1150 g/mol. The van der Waals surface area contributed by atoms with Crippen molar-refractivity contribution in [3.8, 4) is 24.2 Å². The predicted octanol–water partition coefficient (Wildman–Crippen LogP) is 9.24. The third-order valence-corrected chi connectivity index (χ3v) is 18.3. The summed E-state index contributed by atoms with van der Waals surface area (Å²) in [5.74, 6) is 6.87. The number of halogens is 5. The van der Waals surface area contributed by atoms with E-state index in [0.29, 0.717) is 119 Å². The molecule has 2 saturated heterocycles. The molecule has 10 rings (SSSR count). The Morgan fingerprint density at radius 3 is 1.64 bits per heavy atom. The fraction of sp³-hybridized carbons (Fsp3) is 0.429. The molecule has 2 saturated carbocycles. The standard InChI is InChI=1S/C28H27F2N5O2S.C21H23F2N3O2S.C7H5BrN2/c1-18-13-20(32-2)16-33-23(18)6-4-19-3-5-22(30)21(14-19)28(17-29)24-15-27(24,38-26(31)34-28)8-7-25(36)35-9-11-37-12-10-35;1-2-14-3-4-16(23)15(11-14)21(13-22)17-12-20(17,29-19(24)25-21)6-5-18(27)26-7-9-28-10-8-26;1-5-3-6(9-2)4-10-7(5)8/h3,5,13-14,16,24H,7-12,15,17H2,1H3,(H2,31,34);1,3-4,11,17H,5-10,12-13H2,(H2,24,25);3-4H,1H3/t24-,27+,28-;17-,20+,21-;/m11./s1. The van der Waals surface area contributed by atoms with E-state index in [1.807, 2.05) is 13.8 Å². The van der Waals surface area contributed by atoms with Gasteiger partial charge in [0, 0.05) is 95.0 Å². The Bertz CT molecular complexity index is 3200. The van der Waals surface area contributed by atoms with Crippen LogP contribution in [0.3, 0.4) is 0 Å². The summed E-state index contributed by atoms with van der Waals surface area (Å²) in [6, 6.07) is 12.1. The van der Waals surface area contributed by atoms with Crippen molar-refractivity contribution < 1.29 is 36.6 Å². The number of rotatable bonds is 10. The molecule has 14 nitrogen and oxygen atoms in total. The van der Waals surface area contributed by atoms with Gasteiger partial charge in [0.1, 0.15) is 46.4 Å². The van der Waals surface area contributed by atoms with Crippen LogP contribution in [0.25, 0.3) is 9.69 Å². The molecule has 0 bridgehead atoms. The first-order valence-electron chi connectivity index (χ1n) is 24.8. The fourth-order valence-corrected chi connectivity index (χ4v) is 13.6.